The number of amides is 1. The van der Waals surface area contributed by atoms with Crippen molar-refractivity contribution >= 4 is 13.7 Å². The standard InChI is InChI=1S/C23H30N2O3.H3O4P/c1-14-7-8-23(28)18-11-16-5-6-17(21(24)27)20(26)19(16)22(23,12-14)9-10-25(18,2)13-15-3-4-15;1-5(2,3)4/h5-6,15,18,28H,1,3-4,7-13H2,2H3,(H2-,24,26,27);(H3,1,2,3,4)/p-2/t18-,22-,23-,25?;/m1./s1. The van der Waals surface area contributed by atoms with Gasteiger partial charge in [0.15, 0.2) is 0 Å². The van der Waals surface area contributed by atoms with Gasteiger partial charge in [-0.25, -0.2) is 0 Å². The van der Waals surface area contributed by atoms with Crippen molar-refractivity contribution in [3.63, 3.8) is 0 Å². The van der Waals surface area contributed by atoms with E-state index in [1.807, 2.05) is 6.07 Å². The van der Waals surface area contributed by atoms with Gasteiger partial charge in [0, 0.05) is 29.7 Å². The molecular weight excluding hydrogens is 447 g/mol. The summed E-state index contributed by atoms with van der Waals surface area (Å²) in [5.41, 5.74) is 7.17. The average molecular weight is 478 g/mol. The highest BCUT2D eigenvalue weighted by Gasteiger charge is 2.69. The van der Waals surface area contributed by atoms with E-state index in [4.69, 9.17) is 25.0 Å². The fourth-order valence-corrected chi connectivity index (χ4v) is 6.85. The molecule has 33 heavy (non-hydrogen) atoms. The number of aromatic hydroxyl groups is 1. The summed E-state index contributed by atoms with van der Waals surface area (Å²) < 4.78 is 9.46. The maximum Gasteiger partial charge on any atom is 0.252 e. The summed E-state index contributed by atoms with van der Waals surface area (Å²) in [5.74, 6) is 0.142. The molecule has 182 valence electrons. The van der Waals surface area contributed by atoms with Crippen molar-refractivity contribution in [2.45, 2.75) is 62.0 Å². The summed E-state index contributed by atoms with van der Waals surface area (Å²) in [7, 11) is -3.07. The van der Waals surface area contributed by atoms with E-state index in [-0.39, 0.29) is 17.4 Å². The Hall–Kier alpha value is -1.74. The molecule has 1 aliphatic heterocycles. The molecule has 5 rings (SSSR count). The molecule has 0 spiro atoms. The zero-order valence-corrected chi connectivity index (χ0v) is 19.7. The van der Waals surface area contributed by atoms with Gasteiger partial charge in [-0.05, 0) is 43.7 Å². The number of phosphoric acid groups is 1. The highest BCUT2D eigenvalue weighted by atomic mass is 31.2. The molecule has 3 fully saturated rings. The van der Waals surface area contributed by atoms with Crippen LogP contribution in [0.2, 0.25) is 0 Å². The Labute approximate surface area is 193 Å². The van der Waals surface area contributed by atoms with Crippen LogP contribution in [0.5, 0.6) is 5.75 Å². The average Bonchev–Trinajstić information content (AvgIpc) is 3.48. The number of hydrogen-bond donors (Lipinski definition) is 3. The minimum absolute atomic E-state index is 0.0186. The number of nitrogens with zero attached hydrogens (tertiary/aromatic N) is 1. The molecule has 0 aromatic heterocycles. The van der Waals surface area contributed by atoms with Crippen molar-refractivity contribution in [1.29, 1.82) is 0 Å². The van der Waals surface area contributed by atoms with Crippen molar-refractivity contribution in [3.05, 3.63) is 41.0 Å². The van der Waals surface area contributed by atoms with Crippen LogP contribution in [0, 0.1) is 5.92 Å². The van der Waals surface area contributed by atoms with Crippen LogP contribution < -0.4 is 20.4 Å². The lowest BCUT2D eigenvalue weighted by Gasteiger charge is -2.65. The highest BCUT2D eigenvalue weighted by molar-refractivity contribution is 7.40. The van der Waals surface area contributed by atoms with E-state index in [1.54, 1.807) is 6.07 Å². The van der Waals surface area contributed by atoms with Crippen molar-refractivity contribution in [2.24, 2.45) is 11.7 Å². The molecule has 9 nitrogen and oxygen atoms in total. The molecule has 4 N–H and O–H groups in total. The Bertz CT molecular complexity index is 1040. The number of fused-ring (bicyclic) bond motifs is 1. The summed E-state index contributed by atoms with van der Waals surface area (Å²) in [4.78, 5) is 37.5. The van der Waals surface area contributed by atoms with Crippen LogP contribution in [0.15, 0.2) is 24.3 Å². The van der Waals surface area contributed by atoms with Crippen LogP contribution in [-0.2, 0) is 16.4 Å². The lowest BCUT2D eigenvalue weighted by molar-refractivity contribution is -0.950. The first-order valence-corrected chi connectivity index (χ1v) is 12.8. The Morgan fingerprint density at radius 1 is 1.30 bits per heavy atom. The quantitative estimate of drug-likeness (QED) is 0.300. The molecule has 2 saturated carbocycles. The van der Waals surface area contributed by atoms with Crippen LogP contribution in [0.3, 0.4) is 0 Å². The number of nitrogens with two attached hydrogens (primary N) is 1. The summed E-state index contributed by atoms with van der Waals surface area (Å²) in [5, 5.41) is 23.4. The normalized spacial score (nSPS) is 35.1. The van der Waals surface area contributed by atoms with Crippen LogP contribution in [0.1, 0.15) is 60.0 Å². The lowest BCUT2D eigenvalue weighted by atomic mass is 9.48. The van der Waals surface area contributed by atoms with Crippen molar-refractivity contribution in [1.82, 2.24) is 0 Å². The fraction of sp³-hybridized carbons (Fsp3) is 0.609. The molecule has 3 aliphatic carbocycles. The molecule has 1 aromatic carbocycles. The number of primary amides is 1. The summed E-state index contributed by atoms with van der Waals surface area (Å²) in [6.07, 6.45) is 6.31. The van der Waals surface area contributed by atoms with E-state index in [0.717, 1.165) is 59.5 Å². The number of benzene rings is 1. The smallest absolute Gasteiger partial charge is 0.252 e. The first-order chi connectivity index (χ1) is 15.2. The third kappa shape index (κ3) is 4.16. The number of rotatable bonds is 3. The van der Waals surface area contributed by atoms with Crippen molar-refractivity contribution in [3.8, 4) is 5.75 Å². The van der Waals surface area contributed by atoms with Gasteiger partial charge in [-0.15, -0.1) is 0 Å². The third-order valence-electron chi connectivity index (χ3n) is 8.39. The van der Waals surface area contributed by atoms with Gasteiger partial charge in [0.1, 0.15) is 17.4 Å². The molecule has 1 saturated heterocycles. The van der Waals surface area contributed by atoms with Gasteiger partial charge < -0.3 is 39.7 Å². The zero-order valence-electron chi connectivity index (χ0n) is 18.8. The number of aliphatic hydroxyl groups is 1. The second-order valence-corrected chi connectivity index (χ2v) is 11.4. The predicted molar refractivity (Wildman–Crippen MR) is 115 cm³/mol. The summed E-state index contributed by atoms with van der Waals surface area (Å²) >= 11 is 0. The second kappa shape index (κ2) is 7.90. The molecule has 10 heteroatoms. The number of phenols is 1. The number of quaternary nitrogens is 1. The SMILES string of the molecule is C=C1CC[C@@]2(O)[C@H]3Cc4ccc(C(N)=O)c(O)c4[C@@]2(CC[N+]3(C)CC2CC2)C1.O=P([O-])([O-])[O-]. The van der Waals surface area contributed by atoms with Crippen LogP contribution in [0.4, 0.5) is 0 Å². The van der Waals surface area contributed by atoms with Crippen LogP contribution in [0.25, 0.3) is 0 Å². The minimum Gasteiger partial charge on any atom is -0.822 e. The lowest BCUT2D eigenvalue weighted by Crippen LogP contribution is -2.78. The highest BCUT2D eigenvalue weighted by Crippen LogP contribution is 2.62. The number of likely N-dealkylation sites (tertiary alicyclic amines) is 1. The molecule has 4 atom stereocenters. The van der Waals surface area contributed by atoms with Gasteiger partial charge in [-0.1, -0.05) is 18.2 Å². The van der Waals surface area contributed by atoms with E-state index in [9.17, 15) is 15.0 Å². The third-order valence-corrected chi connectivity index (χ3v) is 8.39. The van der Waals surface area contributed by atoms with Gasteiger partial charge in [-0.2, -0.15) is 7.82 Å². The molecule has 2 bridgehead atoms. The molecule has 0 radical (unpaired) electrons. The number of carbonyl (C=O) groups is 1. The predicted octanol–water partition coefficient (Wildman–Crippen LogP) is -0.439. The van der Waals surface area contributed by atoms with E-state index in [0.29, 0.717) is 12.8 Å². The Kier molecular flexibility index (Phi) is 5.84. The van der Waals surface area contributed by atoms with E-state index in [2.05, 4.69) is 13.6 Å². The van der Waals surface area contributed by atoms with Crippen molar-refractivity contribution < 1.29 is 38.7 Å². The number of carbonyl (C=O) groups excluding carboxylic acids is 1. The number of piperidine rings is 1. The number of hydrogen-bond acceptors (Lipinski definition) is 7. The number of likely N-dealkylation sites (N-methyl/N-ethyl adjacent to an activating group) is 1. The maximum absolute atomic E-state index is 12.3. The van der Waals surface area contributed by atoms with Crippen LogP contribution in [-0.4, -0.2) is 52.4 Å². The molecule has 1 unspecified atom stereocenters. The van der Waals surface area contributed by atoms with Gasteiger partial charge in [0.05, 0.1) is 25.7 Å². The van der Waals surface area contributed by atoms with E-state index >= 15 is 0 Å². The maximum atomic E-state index is 12.3. The molecular formula is C23H31N2O7P-2. The second-order valence-electron chi connectivity index (χ2n) is 10.5. The van der Waals surface area contributed by atoms with Gasteiger partial charge in [0.25, 0.3) is 5.91 Å². The van der Waals surface area contributed by atoms with Gasteiger partial charge in [-0.3, -0.25) is 4.79 Å². The Morgan fingerprint density at radius 3 is 2.52 bits per heavy atom. The molecule has 1 aromatic rings. The molecule has 1 amide bonds. The van der Waals surface area contributed by atoms with Crippen LogP contribution >= 0.6 is 7.82 Å². The van der Waals surface area contributed by atoms with Crippen molar-refractivity contribution in [2.75, 3.05) is 20.1 Å². The topological polar surface area (TPSA) is 170 Å². The molecule has 1 heterocycles. The monoisotopic (exact) mass is 478 g/mol. The zero-order chi connectivity index (χ0) is 24.4. The Morgan fingerprint density at radius 2 is 1.94 bits per heavy atom. The van der Waals surface area contributed by atoms with E-state index in [1.165, 1.54) is 12.8 Å². The minimum atomic E-state index is -5.39. The first-order valence-electron chi connectivity index (χ1n) is 11.3. The van der Waals surface area contributed by atoms with Gasteiger partial charge in [0.2, 0.25) is 0 Å². The molecule has 4 aliphatic rings. The first kappa shape index (κ1) is 24.4. The summed E-state index contributed by atoms with van der Waals surface area (Å²) in [6, 6.07) is 3.71. The van der Waals surface area contributed by atoms with E-state index < -0.39 is 24.7 Å². The summed E-state index contributed by atoms with van der Waals surface area (Å²) in [6.45, 7) is 6.36. The number of allylic oxidation sites excluding steroid dienone is 1. The Balaban J connectivity index is 0.000000471. The largest absolute Gasteiger partial charge is 0.822 e. The fourth-order valence-electron chi connectivity index (χ4n) is 6.85. The van der Waals surface area contributed by atoms with Gasteiger partial charge >= 0.3 is 0 Å².